The predicted molar refractivity (Wildman–Crippen MR) is 125 cm³/mol. The quantitative estimate of drug-likeness (QED) is 0.473. The Morgan fingerprint density at radius 3 is 2.47 bits per heavy atom. The van der Waals surface area contributed by atoms with Gasteiger partial charge in [0.05, 0.1) is 11.3 Å². The zero-order valence-corrected chi connectivity index (χ0v) is 20.3. The summed E-state index contributed by atoms with van der Waals surface area (Å²) < 4.78 is 40.8. The lowest BCUT2D eigenvalue weighted by molar-refractivity contribution is -0.137. The monoisotopic (exact) mass is 473 g/mol. The average molecular weight is 474 g/mol. The summed E-state index contributed by atoms with van der Waals surface area (Å²) in [6, 6.07) is 5.37. The molecule has 6 heteroatoms. The number of fused-ring (bicyclic) bond motifs is 5. The maximum absolute atomic E-state index is 13.7. The molecule has 3 unspecified atom stereocenters. The molecular formula is C28H34F3NO2. The SMILES string of the molecule is CN(C(=O)[C@H]1CCC2C3CCC4=CC(=O)CC[C@]4(C)C3CC[C@@]21C)c1ccccc1C(F)(F)F. The van der Waals surface area contributed by atoms with E-state index < -0.39 is 11.7 Å². The fourth-order valence-corrected chi connectivity index (χ4v) is 8.32. The van der Waals surface area contributed by atoms with Crippen LogP contribution in [0.3, 0.4) is 0 Å². The topological polar surface area (TPSA) is 37.4 Å². The van der Waals surface area contributed by atoms with E-state index in [1.165, 1.54) is 29.7 Å². The van der Waals surface area contributed by atoms with E-state index in [-0.39, 0.29) is 34.1 Å². The maximum Gasteiger partial charge on any atom is 0.418 e. The van der Waals surface area contributed by atoms with Crippen LogP contribution in [0.1, 0.15) is 70.8 Å². The number of ketones is 1. The minimum absolute atomic E-state index is 0.0624. The van der Waals surface area contributed by atoms with Crippen molar-refractivity contribution in [3.63, 3.8) is 0 Å². The molecule has 1 aromatic carbocycles. The van der Waals surface area contributed by atoms with Crippen LogP contribution in [-0.2, 0) is 15.8 Å². The third-order valence-electron chi connectivity index (χ3n) is 10.2. The van der Waals surface area contributed by atoms with Crippen LogP contribution < -0.4 is 4.90 Å². The number of allylic oxidation sites excluding steroid dienone is 1. The van der Waals surface area contributed by atoms with Gasteiger partial charge in [-0.3, -0.25) is 9.59 Å². The fraction of sp³-hybridized carbons (Fsp3) is 0.643. The van der Waals surface area contributed by atoms with Crippen LogP contribution in [0.4, 0.5) is 18.9 Å². The van der Waals surface area contributed by atoms with E-state index in [9.17, 15) is 22.8 Å². The minimum atomic E-state index is -4.50. The van der Waals surface area contributed by atoms with E-state index in [1.54, 1.807) is 6.07 Å². The van der Waals surface area contributed by atoms with Crippen molar-refractivity contribution in [2.45, 2.75) is 71.4 Å². The Hall–Kier alpha value is -2.11. The molecule has 0 aliphatic heterocycles. The molecule has 0 heterocycles. The second-order valence-electron chi connectivity index (χ2n) is 11.6. The molecule has 4 aliphatic rings. The molecular weight excluding hydrogens is 439 g/mol. The first kappa shape index (κ1) is 23.6. The van der Waals surface area contributed by atoms with E-state index >= 15 is 0 Å². The second kappa shape index (κ2) is 7.96. The lowest BCUT2D eigenvalue weighted by atomic mass is 9.47. The number of nitrogens with zero attached hydrogens (tertiary/aromatic N) is 1. The number of anilines is 1. The van der Waals surface area contributed by atoms with Crippen molar-refractivity contribution in [1.29, 1.82) is 0 Å². The number of halogens is 3. The third kappa shape index (κ3) is 3.46. The minimum Gasteiger partial charge on any atom is -0.315 e. The molecule has 34 heavy (non-hydrogen) atoms. The molecule has 0 bridgehead atoms. The molecule has 3 fully saturated rings. The Morgan fingerprint density at radius 2 is 1.74 bits per heavy atom. The van der Waals surface area contributed by atoms with Gasteiger partial charge in [0.1, 0.15) is 0 Å². The number of amides is 1. The number of hydrogen-bond acceptors (Lipinski definition) is 2. The van der Waals surface area contributed by atoms with E-state index in [0.29, 0.717) is 24.2 Å². The molecule has 4 aliphatic carbocycles. The van der Waals surface area contributed by atoms with Gasteiger partial charge in [-0.05, 0) is 91.7 Å². The van der Waals surface area contributed by atoms with Crippen LogP contribution >= 0.6 is 0 Å². The van der Waals surface area contributed by atoms with E-state index in [2.05, 4.69) is 13.8 Å². The smallest absolute Gasteiger partial charge is 0.315 e. The average Bonchev–Trinajstić information content (AvgIpc) is 3.15. The summed E-state index contributed by atoms with van der Waals surface area (Å²) in [5.74, 6) is 1.24. The van der Waals surface area contributed by atoms with Crippen molar-refractivity contribution >= 4 is 17.4 Å². The first-order valence-corrected chi connectivity index (χ1v) is 12.6. The lowest BCUT2D eigenvalue weighted by Crippen LogP contribution is -2.52. The van der Waals surface area contributed by atoms with Crippen molar-refractivity contribution in [1.82, 2.24) is 0 Å². The molecule has 6 atom stereocenters. The molecule has 0 saturated heterocycles. The van der Waals surface area contributed by atoms with Gasteiger partial charge in [0, 0.05) is 19.4 Å². The van der Waals surface area contributed by atoms with Crippen molar-refractivity contribution < 1.29 is 22.8 Å². The molecule has 0 spiro atoms. The van der Waals surface area contributed by atoms with Crippen molar-refractivity contribution in [2.75, 3.05) is 11.9 Å². The third-order valence-corrected chi connectivity index (χ3v) is 10.2. The Labute approximate surface area is 199 Å². The molecule has 0 N–H and O–H groups in total. The van der Waals surface area contributed by atoms with Gasteiger partial charge < -0.3 is 4.90 Å². The summed E-state index contributed by atoms with van der Waals surface area (Å²) in [4.78, 5) is 27.0. The Balaban J connectivity index is 1.41. The summed E-state index contributed by atoms with van der Waals surface area (Å²) in [5, 5.41) is 0. The van der Waals surface area contributed by atoms with Gasteiger partial charge in [0.15, 0.2) is 5.78 Å². The van der Waals surface area contributed by atoms with Crippen molar-refractivity contribution in [3.05, 3.63) is 41.5 Å². The highest BCUT2D eigenvalue weighted by molar-refractivity contribution is 5.96. The van der Waals surface area contributed by atoms with Crippen LogP contribution in [0.25, 0.3) is 0 Å². The summed E-state index contributed by atoms with van der Waals surface area (Å²) >= 11 is 0. The number of alkyl halides is 3. The van der Waals surface area contributed by atoms with Gasteiger partial charge in [0.25, 0.3) is 0 Å². The zero-order valence-electron chi connectivity index (χ0n) is 20.3. The van der Waals surface area contributed by atoms with Crippen LogP contribution in [0.5, 0.6) is 0 Å². The van der Waals surface area contributed by atoms with Crippen LogP contribution in [-0.4, -0.2) is 18.7 Å². The number of carbonyl (C=O) groups excluding carboxylic acids is 2. The van der Waals surface area contributed by atoms with Crippen molar-refractivity contribution in [3.8, 4) is 0 Å². The van der Waals surface area contributed by atoms with Gasteiger partial charge >= 0.3 is 6.18 Å². The largest absolute Gasteiger partial charge is 0.418 e. The molecule has 0 radical (unpaired) electrons. The number of para-hydroxylation sites is 1. The standard InChI is InChI=1S/C28H34F3NO2/c1-26-14-12-18(33)16-17(26)8-9-19-20-10-11-23(27(20,2)15-13-21(19)26)25(34)32(3)24-7-5-4-6-22(24)28(29,30)31/h4-7,16,19-21,23H,8-15H2,1-3H3/t19?,20?,21?,23-,26+,27+/m1/s1. The second-order valence-corrected chi connectivity index (χ2v) is 11.6. The molecule has 3 nitrogen and oxygen atoms in total. The molecule has 184 valence electrons. The summed E-state index contributed by atoms with van der Waals surface area (Å²) in [6.45, 7) is 4.55. The summed E-state index contributed by atoms with van der Waals surface area (Å²) in [5.41, 5.74) is 0.376. The van der Waals surface area contributed by atoms with Crippen molar-refractivity contribution in [2.24, 2.45) is 34.5 Å². The Kier molecular flexibility index (Phi) is 5.53. The van der Waals surface area contributed by atoms with Gasteiger partial charge in [-0.2, -0.15) is 13.2 Å². The number of rotatable bonds is 2. The van der Waals surface area contributed by atoms with E-state index in [1.807, 2.05) is 6.08 Å². The van der Waals surface area contributed by atoms with E-state index in [0.717, 1.165) is 51.0 Å². The van der Waals surface area contributed by atoms with Crippen LogP contribution in [0, 0.1) is 34.5 Å². The lowest BCUT2D eigenvalue weighted by Gasteiger charge is -2.58. The Bertz CT molecular complexity index is 1050. The maximum atomic E-state index is 13.7. The normalized spacial score (nSPS) is 37.4. The predicted octanol–water partition coefficient (Wildman–Crippen LogP) is 6.82. The molecule has 0 aromatic heterocycles. The highest BCUT2D eigenvalue weighted by Crippen LogP contribution is 2.66. The van der Waals surface area contributed by atoms with Crippen LogP contribution in [0.2, 0.25) is 0 Å². The highest BCUT2D eigenvalue weighted by atomic mass is 19.4. The van der Waals surface area contributed by atoms with Crippen LogP contribution in [0.15, 0.2) is 35.9 Å². The van der Waals surface area contributed by atoms with E-state index in [4.69, 9.17) is 0 Å². The molecule has 1 amide bonds. The summed E-state index contributed by atoms with van der Waals surface area (Å²) in [7, 11) is 1.49. The Morgan fingerprint density at radius 1 is 1.00 bits per heavy atom. The number of benzene rings is 1. The van der Waals surface area contributed by atoms with Gasteiger partial charge in [0.2, 0.25) is 5.91 Å². The highest BCUT2D eigenvalue weighted by Gasteiger charge is 2.60. The molecule has 1 aromatic rings. The van der Waals surface area contributed by atoms with Gasteiger partial charge in [-0.15, -0.1) is 0 Å². The van der Waals surface area contributed by atoms with Gasteiger partial charge in [-0.25, -0.2) is 0 Å². The summed E-state index contributed by atoms with van der Waals surface area (Å²) in [6.07, 6.45) is 4.57. The first-order valence-electron chi connectivity index (χ1n) is 12.6. The first-order chi connectivity index (χ1) is 16.0. The zero-order chi connectivity index (χ0) is 24.5. The number of hydrogen-bond donors (Lipinski definition) is 0. The number of carbonyl (C=O) groups is 2. The van der Waals surface area contributed by atoms with Gasteiger partial charge in [-0.1, -0.05) is 31.6 Å². The molecule has 5 rings (SSSR count). The fourth-order valence-electron chi connectivity index (χ4n) is 8.32. The molecule has 3 saturated carbocycles.